The van der Waals surface area contributed by atoms with Gasteiger partial charge in [-0.1, -0.05) is 37.3 Å². The number of aliphatic hydroxyl groups excluding tert-OH is 1. The number of hydrogen-bond acceptors (Lipinski definition) is 3. The third-order valence-corrected chi connectivity index (χ3v) is 2.44. The van der Waals surface area contributed by atoms with E-state index in [4.69, 9.17) is 9.47 Å². The first-order valence-corrected chi connectivity index (χ1v) is 6.23. The van der Waals surface area contributed by atoms with Gasteiger partial charge in [-0.2, -0.15) is 0 Å². The molecule has 0 saturated carbocycles. The second kappa shape index (κ2) is 9.16. The molecule has 1 N–H and O–H groups in total. The van der Waals surface area contributed by atoms with Crippen LogP contribution in [0.5, 0.6) is 0 Å². The van der Waals surface area contributed by atoms with Gasteiger partial charge in [-0.25, -0.2) is 0 Å². The Balaban J connectivity index is 2.03. The molecule has 3 heteroatoms. The highest BCUT2D eigenvalue weighted by Crippen LogP contribution is 2.15. The summed E-state index contributed by atoms with van der Waals surface area (Å²) in [5.41, 5.74) is 0.943. The fourth-order valence-corrected chi connectivity index (χ4v) is 1.50. The Morgan fingerprint density at radius 3 is 2.29 bits per heavy atom. The normalized spacial score (nSPS) is 12.6. The Morgan fingerprint density at radius 2 is 1.65 bits per heavy atom. The van der Waals surface area contributed by atoms with Crippen molar-refractivity contribution in [3.8, 4) is 0 Å². The van der Waals surface area contributed by atoms with Crippen LogP contribution in [0.1, 0.15) is 31.4 Å². The molecule has 1 unspecified atom stereocenters. The van der Waals surface area contributed by atoms with Crippen molar-refractivity contribution in [3.63, 3.8) is 0 Å². The third-order valence-electron chi connectivity index (χ3n) is 2.44. The van der Waals surface area contributed by atoms with Crippen molar-refractivity contribution < 1.29 is 14.6 Å². The highest BCUT2D eigenvalue weighted by molar-refractivity contribution is 5.16. The van der Waals surface area contributed by atoms with Crippen LogP contribution in [-0.4, -0.2) is 31.5 Å². The average molecular weight is 238 g/mol. The lowest BCUT2D eigenvalue weighted by Crippen LogP contribution is -2.08. The van der Waals surface area contributed by atoms with Gasteiger partial charge in [-0.15, -0.1) is 0 Å². The van der Waals surface area contributed by atoms with E-state index in [1.807, 2.05) is 30.3 Å². The maximum Gasteiger partial charge on any atom is 0.0812 e. The zero-order chi connectivity index (χ0) is 12.3. The van der Waals surface area contributed by atoms with Gasteiger partial charge < -0.3 is 14.6 Å². The summed E-state index contributed by atoms with van der Waals surface area (Å²) in [6.07, 6.45) is 1.22. The van der Waals surface area contributed by atoms with E-state index < -0.39 is 6.10 Å². The van der Waals surface area contributed by atoms with Gasteiger partial charge >= 0.3 is 0 Å². The lowest BCUT2D eigenvalue weighted by Gasteiger charge is -2.11. The quantitative estimate of drug-likeness (QED) is 0.672. The molecule has 0 aromatic heterocycles. The van der Waals surface area contributed by atoms with Gasteiger partial charge in [0.05, 0.1) is 19.3 Å². The van der Waals surface area contributed by atoms with E-state index in [2.05, 4.69) is 6.92 Å². The first-order valence-electron chi connectivity index (χ1n) is 6.23. The Bertz CT molecular complexity index is 274. The number of ether oxygens (including phenoxy) is 2. The first kappa shape index (κ1) is 14.2. The SMILES string of the molecule is CCCOCCOCCC(O)c1ccccc1. The Labute approximate surface area is 103 Å². The van der Waals surface area contributed by atoms with Crippen LogP contribution in [0.25, 0.3) is 0 Å². The van der Waals surface area contributed by atoms with E-state index in [0.29, 0.717) is 26.2 Å². The van der Waals surface area contributed by atoms with E-state index in [1.54, 1.807) is 0 Å². The molecule has 0 aliphatic rings. The van der Waals surface area contributed by atoms with Crippen LogP contribution in [0.3, 0.4) is 0 Å². The van der Waals surface area contributed by atoms with Gasteiger partial charge in [0, 0.05) is 19.6 Å². The Morgan fingerprint density at radius 1 is 1.00 bits per heavy atom. The summed E-state index contributed by atoms with van der Waals surface area (Å²) in [7, 11) is 0. The molecule has 0 aliphatic heterocycles. The zero-order valence-corrected chi connectivity index (χ0v) is 10.5. The fraction of sp³-hybridized carbons (Fsp3) is 0.571. The van der Waals surface area contributed by atoms with Crippen molar-refractivity contribution in [2.75, 3.05) is 26.4 Å². The second-order valence-electron chi connectivity index (χ2n) is 3.94. The molecule has 96 valence electrons. The highest BCUT2D eigenvalue weighted by atomic mass is 16.5. The molecule has 0 spiro atoms. The third kappa shape index (κ3) is 6.41. The largest absolute Gasteiger partial charge is 0.388 e. The Kier molecular flexibility index (Phi) is 7.63. The predicted molar refractivity (Wildman–Crippen MR) is 67.9 cm³/mol. The van der Waals surface area contributed by atoms with Gasteiger partial charge in [-0.3, -0.25) is 0 Å². The topological polar surface area (TPSA) is 38.7 Å². The van der Waals surface area contributed by atoms with Crippen LogP contribution < -0.4 is 0 Å². The minimum Gasteiger partial charge on any atom is -0.388 e. The first-order chi connectivity index (χ1) is 8.34. The molecule has 0 aliphatic carbocycles. The maximum absolute atomic E-state index is 9.85. The van der Waals surface area contributed by atoms with Crippen molar-refractivity contribution >= 4 is 0 Å². The molecule has 0 amide bonds. The molecule has 1 aromatic rings. The van der Waals surface area contributed by atoms with Crippen LogP contribution >= 0.6 is 0 Å². The summed E-state index contributed by atoms with van der Waals surface area (Å²) in [5.74, 6) is 0. The van der Waals surface area contributed by atoms with E-state index in [9.17, 15) is 5.11 Å². The van der Waals surface area contributed by atoms with Crippen LogP contribution in [0.4, 0.5) is 0 Å². The van der Waals surface area contributed by atoms with Gasteiger partial charge in [0.15, 0.2) is 0 Å². The van der Waals surface area contributed by atoms with Crippen LogP contribution in [0, 0.1) is 0 Å². The molecule has 0 radical (unpaired) electrons. The molecule has 17 heavy (non-hydrogen) atoms. The molecule has 0 fully saturated rings. The molecule has 1 aromatic carbocycles. The molecule has 1 rings (SSSR count). The van der Waals surface area contributed by atoms with Gasteiger partial charge in [0.2, 0.25) is 0 Å². The van der Waals surface area contributed by atoms with Crippen LogP contribution in [0.2, 0.25) is 0 Å². The standard InChI is InChI=1S/C14H22O3/c1-2-9-16-11-12-17-10-8-14(15)13-6-4-3-5-7-13/h3-7,14-15H,2,8-12H2,1H3. The van der Waals surface area contributed by atoms with Crippen molar-refractivity contribution in [1.29, 1.82) is 0 Å². The Hall–Kier alpha value is -0.900. The highest BCUT2D eigenvalue weighted by Gasteiger charge is 2.05. The van der Waals surface area contributed by atoms with Gasteiger partial charge in [0.1, 0.15) is 0 Å². The van der Waals surface area contributed by atoms with E-state index in [0.717, 1.165) is 18.6 Å². The number of benzene rings is 1. The number of aliphatic hydroxyl groups is 1. The second-order valence-corrected chi connectivity index (χ2v) is 3.94. The maximum atomic E-state index is 9.85. The molecule has 1 atom stereocenters. The number of rotatable bonds is 9. The van der Waals surface area contributed by atoms with Gasteiger partial charge in [-0.05, 0) is 12.0 Å². The molecular weight excluding hydrogens is 216 g/mol. The van der Waals surface area contributed by atoms with Crippen molar-refractivity contribution in [1.82, 2.24) is 0 Å². The molecule has 0 heterocycles. The number of hydrogen-bond donors (Lipinski definition) is 1. The molecular formula is C14H22O3. The van der Waals surface area contributed by atoms with E-state index in [-0.39, 0.29) is 0 Å². The monoisotopic (exact) mass is 238 g/mol. The van der Waals surface area contributed by atoms with Crippen LogP contribution in [0.15, 0.2) is 30.3 Å². The lowest BCUT2D eigenvalue weighted by molar-refractivity contribution is 0.0323. The van der Waals surface area contributed by atoms with E-state index in [1.165, 1.54) is 0 Å². The van der Waals surface area contributed by atoms with Crippen molar-refractivity contribution in [2.24, 2.45) is 0 Å². The molecule has 0 saturated heterocycles. The summed E-state index contributed by atoms with van der Waals surface area (Å²) in [5, 5.41) is 9.85. The summed E-state index contributed by atoms with van der Waals surface area (Å²) in [6.45, 7) is 4.66. The van der Waals surface area contributed by atoms with Crippen molar-refractivity contribution in [2.45, 2.75) is 25.9 Å². The van der Waals surface area contributed by atoms with E-state index >= 15 is 0 Å². The summed E-state index contributed by atoms with van der Waals surface area (Å²) in [4.78, 5) is 0. The average Bonchev–Trinajstić information content (AvgIpc) is 2.38. The zero-order valence-electron chi connectivity index (χ0n) is 10.5. The summed E-state index contributed by atoms with van der Waals surface area (Å²) in [6, 6.07) is 9.65. The molecule has 0 bridgehead atoms. The predicted octanol–water partition coefficient (Wildman–Crippen LogP) is 2.55. The summed E-state index contributed by atoms with van der Waals surface area (Å²) < 4.78 is 10.7. The lowest BCUT2D eigenvalue weighted by atomic mass is 10.1. The minimum absolute atomic E-state index is 0.437. The van der Waals surface area contributed by atoms with Crippen LogP contribution in [-0.2, 0) is 9.47 Å². The van der Waals surface area contributed by atoms with Crippen molar-refractivity contribution in [3.05, 3.63) is 35.9 Å². The summed E-state index contributed by atoms with van der Waals surface area (Å²) >= 11 is 0. The molecule has 3 nitrogen and oxygen atoms in total. The fourth-order valence-electron chi connectivity index (χ4n) is 1.50. The minimum atomic E-state index is -0.437. The van der Waals surface area contributed by atoms with Gasteiger partial charge in [0.25, 0.3) is 0 Å². The smallest absolute Gasteiger partial charge is 0.0812 e.